The fraction of sp³-hybridized carbons (Fsp3) is 0.917. The van der Waals surface area contributed by atoms with E-state index < -0.39 is 12.1 Å². The van der Waals surface area contributed by atoms with Crippen molar-refractivity contribution in [3.05, 3.63) is 0 Å². The zero-order valence-corrected chi connectivity index (χ0v) is 10.1. The van der Waals surface area contributed by atoms with Crippen molar-refractivity contribution < 1.29 is 22.7 Å². The third-order valence-corrected chi connectivity index (χ3v) is 3.45. The number of rotatable bonds is 5. The Bertz CT molecular complexity index is 251. The van der Waals surface area contributed by atoms with Crippen LogP contribution in [0.15, 0.2) is 0 Å². The second kappa shape index (κ2) is 6.26. The van der Waals surface area contributed by atoms with Gasteiger partial charge in [0.05, 0.1) is 6.61 Å². The summed E-state index contributed by atoms with van der Waals surface area (Å²) in [4.78, 5) is 10.4. The number of halogens is 3. The summed E-state index contributed by atoms with van der Waals surface area (Å²) in [7, 11) is 0. The Labute approximate surface area is 99.5 Å². The lowest BCUT2D eigenvalue weighted by Crippen LogP contribution is -2.25. The largest absolute Gasteiger partial charge is 0.490 e. The summed E-state index contributed by atoms with van der Waals surface area (Å²) in [6.45, 7) is 2.05. The maximum absolute atomic E-state index is 11.8. The van der Waals surface area contributed by atoms with Crippen LogP contribution in [-0.2, 0) is 9.53 Å². The van der Waals surface area contributed by atoms with Crippen molar-refractivity contribution in [3.8, 4) is 0 Å². The van der Waals surface area contributed by atoms with E-state index in [2.05, 4.69) is 11.7 Å². The van der Waals surface area contributed by atoms with Crippen molar-refractivity contribution in [2.24, 2.45) is 11.8 Å². The Morgan fingerprint density at radius 2 is 1.94 bits per heavy atom. The summed E-state index contributed by atoms with van der Waals surface area (Å²) in [5.74, 6) is -0.697. The van der Waals surface area contributed by atoms with Gasteiger partial charge in [-0.05, 0) is 31.1 Å². The number of carbonyl (C=O) groups is 1. The average Bonchev–Trinajstić information content (AvgIpc) is 2.70. The highest BCUT2D eigenvalue weighted by molar-refractivity contribution is 5.75. The number of carbonyl (C=O) groups excluding carboxylic acids is 1. The minimum Gasteiger partial charge on any atom is -0.459 e. The molecule has 0 saturated heterocycles. The lowest BCUT2D eigenvalue weighted by molar-refractivity contribution is -0.199. The maximum atomic E-state index is 11.8. The quantitative estimate of drug-likeness (QED) is 0.551. The fourth-order valence-corrected chi connectivity index (χ4v) is 2.43. The summed E-state index contributed by atoms with van der Waals surface area (Å²) in [5.41, 5.74) is 0. The molecular formula is C12H19F3O2. The Kier molecular flexibility index (Phi) is 5.28. The molecule has 0 aromatic heterocycles. The normalized spacial score (nSPS) is 24.9. The van der Waals surface area contributed by atoms with Gasteiger partial charge in [0.25, 0.3) is 0 Å². The first-order valence-electron chi connectivity index (χ1n) is 6.17. The number of alkyl halides is 3. The Morgan fingerprint density at radius 1 is 1.29 bits per heavy atom. The molecule has 2 unspecified atom stereocenters. The van der Waals surface area contributed by atoms with Crippen molar-refractivity contribution in [2.45, 2.75) is 51.6 Å². The van der Waals surface area contributed by atoms with Gasteiger partial charge in [-0.25, -0.2) is 4.79 Å². The van der Waals surface area contributed by atoms with Crippen molar-refractivity contribution in [1.82, 2.24) is 0 Å². The van der Waals surface area contributed by atoms with Crippen molar-refractivity contribution in [2.75, 3.05) is 6.61 Å². The van der Waals surface area contributed by atoms with Crippen LogP contribution in [0.4, 0.5) is 13.2 Å². The number of ether oxygens (including phenoxy) is 1. The van der Waals surface area contributed by atoms with Crippen LogP contribution in [0.1, 0.15) is 45.4 Å². The molecule has 2 atom stereocenters. The van der Waals surface area contributed by atoms with Crippen LogP contribution in [-0.4, -0.2) is 18.8 Å². The van der Waals surface area contributed by atoms with Crippen LogP contribution in [0.5, 0.6) is 0 Å². The Morgan fingerprint density at radius 3 is 2.47 bits per heavy atom. The number of hydrogen-bond donors (Lipinski definition) is 0. The standard InChI is InChI=1S/C12H19F3O2/c1-2-9-5-6-10(8-9)4-3-7-17-11(16)12(13,14)15/h9-10H,2-8H2,1H3. The summed E-state index contributed by atoms with van der Waals surface area (Å²) < 4.78 is 39.6. The zero-order chi connectivity index (χ0) is 12.9. The van der Waals surface area contributed by atoms with Crippen LogP contribution in [0, 0.1) is 11.8 Å². The zero-order valence-electron chi connectivity index (χ0n) is 10.1. The van der Waals surface area contributed by atoms with Crippen LogP contribution in [0.2, 0.25) is 0 Å². The SMILES string of the molecule is CCC1CCC(CCCOC(=O)C(F)(F)F)C1. The molecule has 0 aromatic rings. The van der Waals surface area contributed by atoms with E-state index in [0.717, 1.165) is 18.8 Å². The third-order valence-electron chi connectivity index (χ3n) is 3.45. The first kappa shape index (κ1) is 14.3. The van der Waals surface area contributed by atoms with E-state index in [4.69, 9.17) is 0 Å². The molecule has 0 N–H and O–H groups in total. The van der Waals surface area contributed by atoms with Gasteiger partial charge in [-0.1, -0.05) is 26.2 Å². The summed E-state index contributed by atoms with van der Waals surface area (Å²) in [5, 5.41) is 0. The Hall–Kier alpha value is -0.740. The molecular weight excluding hydrogens is 233 g/mol. The van der Waals surface area contributed by atoms with E-state index in [1.807, 2.05) is 0 Å². The highest BCUT2D eigenvalue weighted by Crippen LogP contribution is 2.35. The van der Waals surface area contributed by atoms with Gasteiger partial charge >= 0.3 is 12.1 Å². The van der Waals surface area contributed by atoms with E-state index in [1.165, 1.54) is 19.3 Å². The highest BCUT2D eigenvalue weighted by atomic mass is 19.4. The van der Waals surface area contributed by atoms with E-state index in [-0.39, 0.29) is 6.61 Å². The first-order valence-corrected chi connectivity index (χ1v) is 6.17. The molecule has 17 heavy (non-hydrogen) atoms. The van der Waals surface area contributed by atoms with Crippen LogP contribution < -0.4 is 0 Å². The van der Waals surface area contributed by atoms with E-state index in [1.54, 1.807) is 0 Å². The number of hydrogen-bond acceptors (Lipinski definition) is 2. The van der Waals surface area contributed by atoms with Gasteiger partial charge in [0.1, 0.15) is 0 Å². The lowest BCUT2D eigenvalue weighted by atomic mass is 9.99. The summed E-state index contributed by atoms with van der Waals surface area (Å²) in [6.07, 6.45) is 1.27. The van der Waals surface area contributed by atoms with E-state index in [0.29, 0.717) is 12.3 Å². The van der Waals surface area contributed by atoms with Crippen LogP contribution >= 0.6 is 0 Å². The molecule has 1 fully saturated rings. The molecule has 0 aliphatic heterocycles. The van der Waals surface area contributed by atoms with Gasteiger partial charge in [0.2, 0.25) is 0 Å². The fourth-order valence-electron chi connectivity index (χ4n) is 2.43. The molecule has 1 aliphatic carbocycles. The molecule has 5 heteroatoms. The lowest BCUT2D eigenvalue weighted by Gasteiger charge is -2.11. The van der Waals surface area contributed by atoms with E-state index in [9.17, 15) is 18.0 Å². The second-order valence-corrected chi connectivity index (χ2v) is 4.73. The molecule has 1 saturated carbocycles. The topological polar surface area (TPSA) is 26.3 Å². The van der Waals surface area contributed by atoms with Crippen LogP contribution in [0.3, 0.4) is 0 Å². The first-order chi connectivity index (χ1) is 7.93. The molecule has 0 bridgehead atoms. The minimum absolute atomic E-state index is 0.119. The van der Waals surface area contributed by atoms with Gasteiger partial charge in [-0.2, -0.15) is 13.2 Å². The predicted octanol–water partition coefficient (Wildman–Crippen LogP) is 3.70. The summed E-state index contributed by atoms with van der Waals surface area (Å²) in [6, 6.07) is 0. The molecule has 2 nitrogen and oxygen atoms in total. The van der Waals surface area contributed by atoms with Gasteiger partial charge in [0, 0.05) is 0 Å². The molecule has 0 heterocycles. The third kappa shape index (κ3) is 4.96. The average molecular weight is 252 g/mol. The predicted molar refractivity (Wildman–Crippen MR) is 57.4 cm³/mol. The van der Waals surface area contributed by atoms with Gasteiger partial charge in [0.15, 0.2) is 0 Å². The van der Waals surface area contributed by atoms with Crippen molar-refractivity contribution in [1.29, 1.82) is 0 Å². The molecule has 0 amide bonds. The van der Waals surface area contributed by atoms with Crippen LogP contribution in [0.25, 0.3) is 0 Å². The second-order valence-electron chi connectivity index (χ2n) is 4.73. The smallest absolute Gasteiger partial charge is 0.459 e. The molecule has 1 aliphatic rings. The molecule has 0 aromatic carbocycles. The van der Waals surface area contributed by atoms with Crippen molar-refractivity contribution in [3.63, 3.8) is 0 Å². The highest BCUT2D eigenvalue weighted by Gasteiger charge is 2.40. The van der Waals surface area contributed by atoms with Gasteiger partial charge < -0.3 is 4.74 Å². The van der Waals surface area contributed by atoms with Crippen molar-refractivity contribution >= 4 is 5.97 Å². The molecule has 100 valence electrons. The van der Waals surface area contributed by atoms with E-state index >= 15 is 0 Å². The molecule has 0 radical (unpaired) electrons. The molecule has 0 spiro atoms. The molecule has 1 rings (SSSR count). The summed E-state index contributed by atoms with van der Waals surface area (Å²) >= 11 is 0. The maximum Gasteiger partial charge on any atom is 0.490 e. The number of esters is 1. The van der Waals surface area contributed by atoms with Gasteiger partial charge in [-0.15, -0.1) is 0 Å². The van der Waals surface area contributed by atoms with Gasteiger partial charge in [-0.3, -0.25) is 0 Å². The Balaban J connectivity index is 2.07. The minimum atomic E-state index is -4.86. The monoisotopic (exact) mass is 252 g/mol.